The smallest absolute Gasteiger partial charge is 0.297 e. The molecule has 5 nitrogen and oxygen atoms in total. The van der Waals surface area contributed by atoms with Gasteiger partial charge in [0, 0.05) is 6.07 Å². The monoisotopic (exact) mass is 162 g/mol. The van der Waals surface area contributed by atoms with Gasteiger partial charge in [0.1, 0.15) is 0 Å². The van der Waals surface area contributed by atoms with Gasteiger partial charge in [-0.3, -0.25) is 10.1 Å². The molecule has 1 aromatic heterocycles. The molecule has 1 N–H and O–H groups in total. The van der Waals surface area contributed by atoms with Crippen LogP contribution in [0.2, 0.25) is 0 Å². The van der Waals surface area contributed by atoms with Crippen molar-refractivity contribution in [1.82, 2.24) is 9.97 Å². The first-order valence-corrected chi connectivity index (χ1v) is 3.28. The molecule has 2 aromatic rings. The van der Waals surface area contributed by atoms with E-state index in [2.05, 4.69) is 16.3 Å². The molecule has 0 aliphatic heterocycles. The fourth-order valence-corrected chi connectivity index (χ4v) is 1.04. The number of hydrogen-bond donors (Lipinski definition) is 1. The summed E-state index contributed by atoms with van der Waals surface area (Å²) in [6, 6.07) is 4.73. The van der Waals surface area contributed by atoms with Crippen molar-refractivity contribution in [1.29, 1.82) is 0 Å². The van der Waals surface area contributed by atoms with Gasteiger partial charge in [-0.05, 0) is 6.07 Å². The van der Waals surface area contributed by atoms with Crippen molar-refractivity contribution in [2.24, 2.45) is 0 Å². The molecule has 12 heavy (non-hydrogen) atoms. The van der Waals surface area contributed by atoms with E-state index in [0.29, 0.717) is 11.0 Å². The number of hydrogen-bond acceptors (Lipinski definition) is 3. The van der Waals surface area contributed by atoms with Crippen molar-refractivity contribution in [2.75, 3.05) is 0 Å². The first-order chi connectivity index (χ1) is 5.79. The Labute approximate surface area is 67.2 Å². The lowest BCUT2D eigenvalue weighted by molar-refractivity contribution is -0.383. The summed E-state index contributed by atoms with van der Waals surface area (Å²) in [7, 11) is 0. The molecule has 0 saturated heterocycles. The average Bonchev–Trinajstić information content (AvgIpc) is 2.49. The number of benzene rings is 1. The number of nitro groups is 1. The van der Waals surface area contributed by atoms with Crippen LogP contribution in [-0.2, 0) is 0 Å². The maximum Gasteiger partial charge on any atom is 0.297 e. The molecule has 1 radical (unpaired) electrons. The second-order valence-corrected chi connectivity index (χ2v) is 2.28. The van der Waals surface area contributed by atoms with Crippen molar-refractivity contribution in [3.8, 4) is 0 Å². The van der Waals surface area contributed by atoms with E-state index in [1.54, 1.807) is 12.1 Å². The highest BCUT2D eigenvalue weighted by atomic mass is 16.6. The molecule has 0 aliphatic rings. The van der Waals surface area contributed by atoms with Crippen LogP contribution in [0, 0.1) is 16.4 Å². The summed E-state index contributed by atoms with van der Waals surface area (Å²) in [5.41, 5.74) is 0.983. The van der Waals surface area contributed by atoms with Crippen LogP contribution in [0.25, 0.3) is 11.0 Å². The Hall–Kier alpha value is -1.91. The van der Waals surface area contributed by atoms with E-state index in [0.717, 1.165) is 0 Å². The molecule has 1 heterocycles. The van der Waals surface area contributed by atoms with Crippen LogP contribution >= 0.6 is 0 Å². The SMILES string of the molecule is O=[N+]([O-])c1cccc2[nH][c]nc12. The lowest BCUT2D eigenvalue weighted by Crippen LogP contribution is -1.88. The third-order valence-corrected chi connectivity index (χ3v) is 1.57. The van der Waals surface area contributed by atoms with Gasteiger partial charge in [-0.1, -0.05) is 6.07 Å². The quantitative estimate of drug-likeness (QED) is 0.507. The van der Waals surface area contributed by atoms with Crippen molar-refractivity contribution < 1.29 is 4.92 Å². The standard InChI is InChI=1S/C7H4N3O2/c11-10(12)6-3-1-2-5-7(6)9-4-8-5/h1-3H,(H,8,9). The molecule has 0 fully saturated rings. The van der Waals surface area contributed by atoms with Gasteiger partial charge in [0.05, 0.1) is 10.4 Å². The molecule has 1 aromatic carbocycles. The van der Waals surface area contributed by atoms with Gasteiger partial charge in [0.25, 0.3) is 5.69 Å². The number of imidazole rings is 1. The number of nitro benzene ring substituents is 1. The van der Waals surface area contributed by atoms with Crippen molar-refractivity contribution in [2.45, 2.75) is 0 Å². The summed E-state index contributed by atoms with van der Waals surface area (Å²) in [6.45, 7) is 0. The van der Waals surface area contributed by atoms with Gasteiger partial charge in [0.15, 0.2) is 11.8 Å². The maximum atomic E-state index is 10.5. The zero-order valence-electron chi connectivity index (χ0n) is 5.94. The van der Waals surface area contributed by atoms with Crippen LogP contribution in [0.4, 0.5) is 5.69 Å². The highest BCUT2D eigenvalue weighted by Gasteiger charge is 2.12. The van der Waals surface area contributed by atoms with E-state index in [-0.39, 0.29) is 5.69 Å². The number of aromatic amines is 1. The molecule has 0 aliphatic carbocycles. The van der Waals surface area contributed by atoms with Gasteiger partial charge in [0.2, 0.25) is 0 Å². The van der Waals surface area contributed by atoms with Crippen molar-refractivity contribution in [3.63, 3.8) is 0 Å². The Bertz CT molecular complexity index is 435. The van der Waals surface area contributed by atoms with Crippen LogP contribution in [0.15, 0.2) is 18.2 Å². The first kappa shape index (κ1) is 6.78. The third kappa shape index (κ3) is 0.833. The minimum Gasteiger partial charge on any atom is -0.335 e. The van der Waals surface area contributed by atoms with Crippen molar-refractivity contribution in [3.05, 3.63) is 34.6 Å². The third-order valence-electron chi connectivity index (χ3n) is 1.57. The predicted octanol–water partition coefficient (Wildman–Crippen LogP) is 1.27. The number of fused-ring (bicyclic) bond motifs is 1. The number of aromatic nitrogens is 2. The molecule has 0 bridgehead atoms. The minimum atomic E-state index is -0.461. The van der Waals surface area contributed by atoms with E-state index >= 15 is 0 Å². The predicted molar refractivity (Wildman–Crippen MR) is 41.6 cm³/mol. The molecule has 0 spiro atoms. The summed E-state index contributed by atoms with van der Waals surface area (Å²) in [6.07, 6.45) is 2.45. The molecule has 59 valence electrons. The molecule has 0 saturated carbocycles. The van der Waals surface area contributed by atoms with Crippen LogP contribution in [-0.4, -0.2) is 14.9 Å². The Morgan fingerprint density at radius 2 is 2.42 bits per heavy atom. The number of nitrogens with one attached hydrogen (secondary N) is 1. The second-order valence-electron chi connectivity index (χ2n) is 2.28. The molecule has 5 heteroatoms. The minimum absolute atomic E-state index is 0.00463. The van der Waals surface area contributed by atoms with Gasteiger partial charge >= 0.3 is 0 Å². The summed E-state index contributed by atoms with van der Waals surface area (Å²) >= 11 is 0. The molecule has 0 unspecified atom stereocenters. The normalized spacial score (nSPS) is 10.3. The molecule has 2 rings (SSSR count). The first-order valence-electron chi connectivity index (χ1n) is 3.28. The van der Waals surface area contributed by atoms with Crippen molar-refractivity contribution >= 4 is 16.7 Å². The summed E-state index contributed by atoms with van der Waals surface area (Å²) < 4.78 is 0. The molecule has 0 amide bonds. The highest BCUT2D eigenvalue weighted by Crippen LogP contribution is 2.20. The maximum absolute atomic E-state index is 10.5. The molecule has 0 atom stereocenters. The van der Waals surface area contributed by atoms with Crippen LogP contribution in [0.1, 0.15) is 0 Å². The van der Waals surface area contributed by atoms with Gasteiger partial charge in [-0.15, -0.1) is 0 Å². The van der Waals surface area contributed by atoms with E-state index in [4.69, 9.17) is 0 Å². The zero-order chi connectivity index (χ0) is 8.55. The lowest BCUT2D eigenvalue weighted by Gasteiger charge is -1.90. The van der Waals surface area contributed by atoms with Gasteiger partial charge in [-0.25, -0.2) is 4.98 Å². The fraction of sp³-hybridized carbons (Fsp3) is 0. The largest absolute Gasteiger partial charge is 0.335 e. The van der Waals surface area contributed by atoms with E-state index in [9.17, 15) is 10.1 Å². The fourth-order valence-electron chi connectivity index (χ4n) is 1.04. The summed E-state index contributed by atoms with van der Waals surface area (Å²) in [5.74, 6) is 0. The highest BCUT2D eigenvalue weighted by molar-refractivity contribution is 5.83. The number of non-ortho nitro benzene ring substituents is 1. The van der Waals surface area contributed by atoms with Gasteiger partial charge < -0.3 is 4.98 Å². The summed E-state index contributed by atoms with van der Waals surface area (Å²) in [5, 5.41) is 10.5. The Morgan fingerprint density at radius 3 is 3.17 bits per heavy atom. The zero-order valence-corrected chi connectivity index (χ0v) is 5.94. The van der Waals surface area contributed by atoms with Crippen LogP contribution in [0.5, 0.6) is 0 Å². The topological polar surface area (TPSA) is 71.8 Å². The number of H-pyrrole nitrogens is 1. The Balaban J connectivity index is 2.82. The van der Waals surface area contributed by atoms with E-state index < -0.39 is 4.92 Å². The average molecular weight is 162 g/mol. The lowest BCUT2D eigenvalue weighted by atomic mass is 10.3. The second kappa shape index (κ2) is 2.30. The van der Waals surface area contributed by atoms with Gasteiger partial charge in [-0.2, -0.15) is 0 Å². The van der Waals surface area contributed by atoms with E-state index in [1.807, 2.05) is 0 Å². The number of nitrogens with zero attached hydrogens (tertiary/aromatic N) is 2. The van der Waals surface area contributed by atoms with E-state index in [1.165, 1.54) is 6.07 Å². The van der Waals surface area contributed by atoms with Crippen LogP contribution < -0.4 is 0 Å². The molecular formula is C7H4N3O2. The van der Waals surface area contributed by atoms with Crippen LogP contribution in [0.3, 0.4) is 0 Å². The summed E-state index contributed by atoms with van der Waals surface area (Å²) in [4.78, 5) is 16.4. The molecular weight excluding hydrogens is 158 g/mol. The number of rotatable bonds is 1. The Kier molecular flexibility index (Phi) is 1.30. The number of para-hydroxylation sites is 1. The Morgan fingerprint density at radius 1 is 1.58 bits per heavy atom.